The van der Waals surface area contributed by atoms with E-state index in [0.29, 0.717) is 18.5 Å². The molecule has 1 aliphatic heterocycles. The minimum Gasteiger partial charge on any atom is -0.392 e. The molecule has 10 heteroatoms. The number of thioether (sulfide) groups is 1. The first-order valence-corrected chi connectivity index (χ1v) is 16.5. The molecule has 7 rings (SSSR count). The van der Waals surface area contributed by atoms with Crippen LogP contribution in [0.3, 0.4) is 0 Å². The van der Waals surface area contributed by atoms with Gasteiger partial charge in [-0.1, -0.05) is 84.6 Å². The normalized spacial score (nSPS) is 18.3. The summed E-state index contributed by atoms with van der Waals surface area (Å²) in [6, 6.07) is 31.4. The topological polar surface area (TPSA) is 106 Å². The van der Waals surface area contributed by atoms with Gasteiger partial charge in [0.25, 0.3) is 5.91 Å². The van der Waals surface area contributed by atoms with E-state index in [1.807, 2.05) is 91.0 Å². The van der Waals surface area contributed by atoms with E-state index in [1.165, 1.54) is 10.9 Å². The second-order valence-corrected chi connectivity index (χ2v) is 13.1. The molecule has 0 saturated carbocycles. The number of rotatable bonds is 9. The second kappa shape index (κ2) is 13.4. The first kappa shape index (κ1) is 29.5. The molecular formula is C35H30N4O4S2. The Balaban J connectivity index is 1.03. The van der Waals surface area contributed by atoms with Crippen LogP contribution in [0.25, 0.3) is 21.3 Å². The Hall–Kier alpha value is -4.19. The van der Waals surface area contributed by atoms with E-state index >= 15 is 0 Å². The fourth-order valence-corrected chi connectivity index (χ4v) is 7.34. The van der Waals surface area contributed by atoms with Crippen LogP contribution in [0.1, 0.15) is 51.6 Å². The fraction of sp³-hybridized carbons (Fsp3) is 0.200. The number of ether oxygens (including phenoxy) is 2. The molecule has 0 radical (unpaired) electrons. The van der Waals surface area contributed by atoms with Gasteiger partial charge in [0.15, 0.2) is 10.6 Å². The van der Waals surface area contributed by atoms with Gasteiger partial charge in [0.05, 0.1) is 46.3 Å². The first-order chi connectivity index (χ1) is 22.1. The summed E-state index contributed by atoms with van der Waals surface area (Å²) in [5.41, 5.74) is 6.47. The standard InChI is InChI=1S/C35H30N4O4S2/c40-20-23-11-13-24(14-12-23)31-17-26(21-44-35-39-29-7-3-4-8-32(29)45-35)42-34(43-31)25-15-9-22(10-16-25)18-37-33(41)30-19-36-27-5-1-2-6-28(27)38-30/h1-16,19,26,31,34,40H,17-18,20-21H2,(H,37,41)/t26-,31+,34+/m0/s1. The quantitative estimate of drug-likeness (QED) is 0.164. The number of aliphatic hydroxyl groups excluding tert-OH is 1. The maximum absolute atomic E-state index is 12.8. The third-order valence-corrected chi connectivity index (χ3v) is 9.98. The van der Waals surface area contributed by atoms with E-state index in [0.717, 1.165) is 43.4 Å². The van der Waals surface area contributed by atoms with Gasteiger partial charge < -0.3 is 19.9 Å². The molecule has 4 aromatic carbocycles. The van der Waals surface area contributed by atoms with Crippen molar-refractivity contribution in [2.24, 2.45) is 0 Å². The number of carbonyl (C=O) groups is 1. The molecule has 0 spiro atoms. The molecule has 2 N–H and O–H groups in total. The Kier molecular flexibility index (Phi) is 8.81. The zero-order valence-electron chi connectivity index (χ0n) is 24.2. The monoisotopic (exact) mass is 634 g/mol. The Morgan fingerprint density at radius 3 is 2.33 bits per heavy atom. The van der Waals surface area contributed by atoms with E-state index in [-0.39, 0.29) is 30.4 Å². The number of fused-ring (bicyclic) bond motifs is 2. The molecule has 1 aliphatic rings. The lowest BCUT2D eigenvalue weighted by Crippen LogP contribution is -2.31. The Bertz CT molecular complexity index is 1900. The number of amides is 1. The highest BCUT2D eigenvalue weighted by molar-refractivity contribution is 8.01. The second-order valence-electron chi connectivity index (χ2n) is 10.8. The van der Waals surface area contributed by atoms with Gasteiger partial charge in [-0.25, -0.2) is 9.97 Å². The van der Waals surface area contributed by atoms with Crippen molar-refractivity contribution in [3.8, 4) is 0 Å². The average molecular weight is 635 g/mol. The van der Waals surface area contributed by atoms with Crippen molar-refractivity contribution in [2.45, 2.75) is 42.4 Å². The highest BCUT2D eigenvalue weighted by Crippen LogP contribution is 2.40. The molecule has 0 aliphatic carbocycles. The van der Waals surface area contributed by atoms with Crippen molar-refractivity contribution in [1.82, 2.24) is 20.3 Å². The summed E-state index contributed by atoms with van der Waals surface area (Å²) < 4.78 is 15.2. The molecule has 1 amide bonds. The van der Waals surface area contributed by atoms with Gasteiger partial charge >= 0.3 is 0 Å². The van der Waals surface area contributed by atoms with Gasteiger partial charge in [0, 0.05) is 24.3 Å². The molecule has 1 fully saturated rings. The summed E-state index contributed by atoms with van der Waals surface area (Å²) in [5.74, 6) is 0.465. The summed E-state index contributed by atoms with van der Waals surface area (Å²) in [7, 11) is 0. The molecule has 6 aromatic rings. The van der Waals surface area contributed by atoms with Crippen LogP contribution in [-0.4, -0.2) is 37.8 Å². The number of carbonyl (C=O) groups excluding carboxylic acids is 1. The van der Waals surface area contributed by atoms with Gasteiger partial charge in [0.1, 0.15) is 5.69 Å². The Morgan fingerprint density at radius 2 is 1.56 bits per heavy atom. The fourth-order valence-electron chi connectivity index (χ4n) is 5.23. The number of aromatic nitrogens is 3. The van der Waals surface area contributed by atoms with Gasteiger partial charge in [-0.05, 0) is 41.0 Å². The van der Waals surface area contributed by atoms with Crippen LogP contribution in [-0.2, 0) is 22.6 Å². The maximum Gasteiger partial charge on any atom is 0.271 e. The van der Waals surface area contributed by atoms with Crippen LogP contribution in [0.4, 0.5) is 0 Å². The summed E-state index contributed by atoms with van der Waals surface area (Å²) in [6.45, 7) is 0.350. The minimum atomic E-state index is -0.557. The number of para-hydroxylation sites is 3. The van der Waals surface area contributed by atoms with Crippen molar-refractivity contribution in [2.75, 3.05) is 5.75 Å². The molecule has 0 bridgehead atoms. The molecule has 3 heterocycles. The molecule has 0 unspecified atom stereocenters. The van der Waals surface area contributed by atoms with E-state index < -0.39 is 6.29 Å². The minimum absolute atomic E-state index is 0.00142. The van der Waals surface area contributed by atoms with Crippen LogP contribution in [0.5, 0.6) is 0 Å². The first-order valence-electron chi connectivity index (χ1n) is 14.7. The summed E-state index contributed by atoms with van der Waals surface area (Å²) in [6.07, 6.45) is 1.41. The van der Waals surface area contributed by atoms with Crippen molar-refractivity contribution in [1.29, 1.82) is 0 Å². The number of nitrogens with zero attached hydrogens (tertiary/aromatic N) is 3. The lowest BCUT2D eigenvalue weighted by atomic mass is 10.0. The van der Waals surface area contributed by atoms with Crippen LogP contribution < -0.4 is 5.32 Å². The van der Waals surface area contributed by atoms with Crippen LogP contribution in [0.2, 0.25) is 0 Å². The summed E-state index contributed by atoms with van der Waals surface area (Å²) in [5, 5.41) is 12.4. The number of hydrogen-bond donors (Lipinski definition) is 2. The number of thiazole rings is 1. The lowest BCUT2D eigenvalue weighted by Gasteiger charge is -2.36. The number of aliphatic hydroxyl groups is 1. The van der Waals surface area contributed by atoms with Gasteiger partial charge in [-0.15, -0.1) is 11.3 Å². The smallest absolute Gasteiger partial charge is 0.271 e. The predicted octanol–water partition coefficient (Wildman–Crippen LogP) is 7.00. The highest BCUT2D eigenvalue weighted by Gasteiger charge is 2.32. The SMILES string of the molecule is O=C(NCc1ccc([C@@H]2O[C@H](CSc3nc4ccccc4s3)C[C@H](c3ccc(CO)cc3)O2)cc1)c1cnc2ccccc2n1. The van der Waals surface area contributed by atoms with Crippen molar-refractivity contribution in [3.63, 3.8) is 0 Å². The van der Waals surface area contributed by atoms with Crippen LogP contribution in [0.15, 0.2) is 108 Å². The highest BCUT2D eigenvalue weighted by atomic mass is 32.2. The summed E-state index contributed by atoms with van der Waals surface area (Å²) >= 11 is 3.40. The summed E-state index contributed by atoms with van der Waals surface area (Å²) in [4.78, 5) is 26.3. The van der Waals surface area contributed by atoms with Gasteiger partial charge in [-0.2, -0.15) is 0 Å². The zero-order chi connectivity index (χ0) is 30.6. The van der Waals surface area contributed by atoms with E-state index in [9.17, 15) is 9.90 Å². The van der Waals surface area contributed by atoms with E-state index in [4.69, 9.17) is 14.5 Å². The maximum atomic E-state index is 12.8. The van der Waals surface area contributed by atoms with Crippen LogP contribution >= 0.6 is 23.1 Å². The lowest BCUT2D eigenvalue weighted by molar-refractivity contribution is -0.245. The third-order valence-electron chi connectivity index (χ3n) is 7.67. The molecule has 8 nitrogen and oxygen atoms in total. The Morgan fingerprint density at radius 1 is 0.844 bits per heavy atom. The van der Waals surface area contributed by atoms with Crippen molar-refractivity contribution in [3.05, 3.63) is 131 Å². The third kappa shape index (κ3) is 6.90. The van der Waals surface area contributed by atoms with Crippen LogP contribution in [0, 0.1) is 0 Å². The molecule has 45 heavy (non-hydrogen) atoms. The van der Waals surface area contributed by atoms with E-state index in [1.54, 1.807) is 23.1 Å². The molecular weight excluding hydrogens is 605 g/mol. The molecule has 1 saturated heterocycles. The Labute approximate surface area is 268 Å². The van der Waals surface area contributed by atoms with Crippen molar-refractivity contribution >= 4 is 50.3 Å². The molecule has 226 valence electrons. The average Bonchev–Trinajstić information content (AvgIpc) is 3.53. The number of benzene rings is 4. The predicted molar refractivity (Wildman–Crippen MR) is 176 cm³/mol. The molecule has 2 aromatic heterocycles. The van der Waals surface area contributed by atoms with E-state index in [2.05, 4.69) is 21.4 Å². The number of hydrogen-bond acceptors (Lipinski definition) is 9. The van der Waals surface area contributed by atoms with Gasteiger partial charge in [-0.3, -0.25) is 9.78 Å². The zero-order valence-corrected chi connectivity index (χ0v) is 25.8. The largest absolute Gasteiger partial charge is 0.392 e. The van der Waals surface area contributed by atoms with Gasteiger partial charge in [0.2, 0.25) is 0 Å². The number of nitrogens with one attached hydrogen (secondary N) is 1. The molecule has 3 atom stereocenters. The van der Waals surface area contributed by atoms with Crippen molar-refractivity contribution < 1.29 is 19.4 Å².